The summed E-state index contributed by atoms with van der Waals surface area (Å²) in [6.45, 7) is 1.70. The van der Waals surface area contributed by atoms with Crippen molar-refractivity contribution in [1.29, 1.82) is 0 Å². The first kappa shape index (κ1) is 22.1. The molecule has 0 aliphatic carbocycles. The highest BCUT2D eigenvalue weighted by atomic mass is 16.2. The van der Waals surface area contributed by atoms with Crippen molar-refractivity contribution in [3.63, 3.8) is 0 Å². The molecule has 1 heterocycles. The molecule has 4 amide bonds. The molecule has 0 unspecified atom stereocenters. The third kappa shape index (κ3) is 6.70. The standard InChI is InChI=1S/C20H26N4O5/c1-2-13(25)8-9-14(18(21)27)22-17(26)11-16-20(29)23-15(19(28)24-16)10-12-6-4-3-5-7-12/h3-7,14-16H,2,8-11H2,1H3,(H2,21,27)(H,22,26)(H,23,29)(H,24,28)/t14-,15+,16+/m1/s1. The van der Waals surface area contributed by atoms with Crippen LogP contribution in [-0.2, 0) is 30.4 Å². The Kier molecular flexibility index (Phi) is 7.88. The van der Waals surface area contributed by atoms with Gasteiger partial charge in [-0.2, -0.15) is 0 Å². The third-order valence-electron chi connectivity index (χ3n) is 4.72. The first-order valence-corrected chi connectivity index (χ1v) is 9.55. The molecule has 0 bridgehead atoms. The Morgan fingerprint density at radius 3 is 2.31 bits per heavy atom. The molecule has 0 aromatic heterocycles. The molecule has 5 N–H and O–H groups in total. The van der Waals surface area contributed by atoms with Gasteiger partial charge < -0.3 is 21.7 Å². The van der Waals surface area contributed by atoms with Gasteiger partial charge in [0.05, 0.1) is 6.42 Å². The van der Waals surface area contributed by atoms with Crippen molar-refractivity contribution in [1.82, 2.24) is 16.0 Å². The van der Waals surface area contributed by atoms with Crippen molar-refractivity contribution in [3.05, 3.63) is 35.9 Å². The molecular weight excluding hydrogens is 376 g/mol. The summed E-state index contributed by atoms with van der Waals surface area (Å²) in [7, 11) is 0. The molecular formula is C20H26N4O5. The fourth-order valence-electron chi connectivity index (χ4n) is 3.02. The highest BCUT2D eigenvalue weighted by molar-refractivity contribution is 5.99. The molecule has 29 heavy (non-hydrogen) atoms. The zero-order chi connectivity index (χ0) is 21.4. The minimum absolute atomic E-state index is 0.0473. The number of hydrogen-bond donors (Lipinski definition) is 4. The van der Waals surface area contributed by atoms with Gasteiger partial charge in [-0.05, 0) is 12.0 Å². The topological polar surface area (TPSA) is 147 Å². The summed E-state index contributed by atoms with van der Waals surface area (Å²) in [5, 5.41) is 7.61. The predicted octanol–water partition coefficient (Wildman–Crippen LogP) is -0.668. The summed E-state index contributed by atoms with van der Waals surface area (Å²) in [6, 6.07) is 6.48. The molecule has 1 saturated heterocycles. The number of hydrogen-bond acceptors (Lipinski definition) is 5. The van der Waals surface area contributed by atoms with E-state index in [0.717, 1.165) is 5.56 Å². The lowest BCUT2D eigenvalue weighted by Crippen LogP contribution is -2.63. The zero-order valence-electron chi connectivity index (χ0n) is 16.3. The van der Waals surface area contributed by atoms with Gasteiger partial charge in [0.15, 0.2) is 0 Å². The van der Waals surface area contributed by atoms with Crippen molar-refractivity contribution in [2.24, 2.45) is 5.73 Å². The second-order valence-electron chi connectivity index (χ2n) is 6.97. The maximum atomic E-state index is 12.3. The Labute approximate surface area is 168 Å². The van der Waals surface area contributed by atoms with Crippen LogP contribution >= 0.6 is 0 Å². The summed E-state index contributed by atoms with van der Waals surface area (Å²) < 4.78 is 0. The van der Waals surface area contributed by atoms with Gasteiger partial charge in [-0.1, -0.05) is 37.3 Å². The van der Waals surface area contributed by atoms with Gasteiger partial charge in [0.25, 0.3) is 0 Å². The first-order chi connectivity index (χ1) is 13.8. The average molecular weight is 402 g/mol. The highest BCUT2D eigenvalue weighted by Gasteiger charge is 2.35. The number of piperazine rings is 1. The van der Waals surface area contributed by atoms with Crippen molar-refractivity contribution in [2.45, 2.75) is 57.2 Å². The Bertz CT molecular complexity index is 780. The molecule has 1 aromatic rings. The minimum Gasteiger partial charge on any atom is -0.368 e. The van der Waals surface area contributed by atoms with E-state index < -0.39 is 35.8 Å². The summed E-state index contributed by atoms with van der Waals surface area (Å²) in [6.07, 6.45) is 0.549. The van der Waals surface area contributed by atoms with E-state index >= 15 is 0 Å². The smallest absolute Gasteiger partial charge is 0.243 e. The Morgan fingerprint density at radius 2 is 1.69 bits per heavy atom. The van der Waals surface area contributed by atoms with Gasteiger partial charge in [0.2, 0.25) is 23.6 Å². The number of amides is 4. The van der Waals surface area contributed by atoms with Crippen LogP contribution in [0.2, 0.25) is 0 Å². The molecule has 9 heteroatoms. The maximum absolute atomic E-state index is 12.3. The molecule has 2 rings (SSSR count). The summed E-state index contributed by atoms with van der Waals surface area (Å²) in [5.74, 6) is -2.28. The predicted molar refractivity (Wildman–Crippen MR) is 104 cm³/mol. The molecule has 1 aliphatic heterocycles. The first-order valence-electron chi connectivity index (χ1n) is 9.55. The molecule has 9 nitrogen and oxygen atoms in total. The Balaban J connectivity index is 1.88. The minimum atomic E-state index is -1.04. The number of carbonyl (C=O) groups is 5. The fraction of sp³-hybridized carbons (Fsp3) is 0.450. The highest BCUT2D eigenvalue weighted by Crippen LogP contribution is 2.09. The van der Waals surface area contributed by atoms with E-state index in [1.54, 1.807) is 6.92 Å². The molecule has 156 valence electrons. The van der Waals surface area contributed by atoms with Crippen LogP contribution in [0.4, 0.5) is 0 Å². The van der Waals surface area contributed by atoms with E-state index in [0.29, 0.717) is 12.8 Å². The maximum Gasteiger partial charge on any atom is 0.243 e. The number of nitrogens with one attached hydrogen (secondary N) is 3. The Morgan fingerprint density at radius 1 is 1.07 bits per heavy atom. The molecule has 0 radical (unpaired) electrons. The van der Waals surface area contributed by atoms with Crippen LogP contribution in [0.1, 0.15) is 38.2 Å². The molecule has 1 fully saturated rings. The normalized spacial score (nSPS) is 19.6. The van der Waals surface area contributed by atoms with E-state index in [4.69, 9.17) is 5.73 Å². The number of carbonyl (C=O) groups excluding carboxylic acids is 5. The van der Waals surface area contributed by atoms with Gasteiger partial charge in [-0.15, -0.1) is 0 Å². The fourth-order valence-corrected chi connectivity index (χ4v) is 3.02. The third-order valence-corrected chi connectivity index (χ3v) is 4.72. The number of primary amides is 1. The summed E-state index contributed by atoms with van der Waals surface area (Å²) in [4.78, 5) is 59.8. The number of nitrogens with two attached hydrogens (primary N) is 1. The van der Waals surface area contributed by atoms with E-state index in [1.165, 1.54) is 0 Å². The van der Waals surface area contributed by atoms with Gasteiger partial charge in [0.1, 0.15) is 23.9 Å². The van der Waals surface area contributed by atoms with E-state index in [2.05, 4.69) is 16.0 Å². The van der Waals surface area contributed by atoms with Gasteiger partial charge in [-0.3, -0.25) is 24.0 Å². The van der Waals surface area contributed by atoms with Crippen LogP contribution < -0.4 is 21.7 Å². The quantitative estimate of drug-likeness (QED) is 0.410. The van der Waals surface area contributed by atoms with E-state index in [9.17, 15) is 24.0 Å². The molecule has 3 atom stereocenters. The van der Waals surface area contributed by atoms with Crippen molar-refractivity contribution in [2.75, 3.05) is 0 Å². The molecule has 0 saturated carbocycles. The van der Waals surface area contributed by atoms with Crippen LogP contribution in [0.3, 0.4) is 0 Å². The second kappa shape index (κ2) is 10.4. The van der Waals surface area contributed by atoms with Crippen LogP contribution in [0, 0.1) is 0 Å². The monoisotopic (exact) mass is 402 g/mol. The van der Waals surface area contributed by atoms with Crippen LogP contribution in [-0.4, -0.2) is 47.5 Å². The molecule has 1 aromatic carbocycles. The van der Waals surface area contributed by atoms with Crippen molar-refractivity contribution < 1.29 is 24.0 Å². The van der Waals surface area contributed by atoms with Crippen molar-refractivity contribution >= 4 is 29.4 Å². The van der Waals surface area contributed by atoms with Gasteiger partial charge >= 0.3 is 0 Å². The largest absolute Gasteiger partial charge is 0.368 e. The van der Waals surface area contributed by atoms with E-state index in [-0.39, 0.29) is 31.0 Å². The second-order valence-corrected chi connectivity index (χ2v) is 6.97. The number of ketones is 1. The lowest BCUT2D eigenvalue weighted by Gasteiger charge is -2.29. The number of Topliss-reactive ketones (excluding diaryl/α,β-unsaturated/α-hetero) is 1. The Hall–Kier alpha value is -3.23. The van der Waals surface area contributed by atoms with Crippen LogP contribution in [0.15, 0.2) is 30.3 Å². The lowest BCUT2D eigenvalue weighted by molar-refractivity contribution is -0.138. The number of rotatable bonds is 10. The van der Waals surface area contributed by atoms with Crippen LogP contribution in [0.25, 0.3) is 0 Å². The van der Waals surface area contributed by atoms with Crippen LogP contribution in [0.5, 0.6) is 0 Å². The average Bonchev–Trinajstić information content (AvgIpc) is 2.69. The van der Waals surface area contributed by atoms with Gasteiger partial charge in [-0.25, -0.2) is 0 Å². The molecule has 1 aliphatic rings. The SMILES string of the molecule is CCC(=O)CC[C@@H](NC(=O)C[C@@H]1NC(=O)[C@H](Cc2ccccc2)NC1=O)C(N)=O. The lowest BCUT2D eigenvalue weighted by atomic mass is 10.0. The summed E-state index contributed by atoms with van der Waals surface area (Å²) >= 11 is 0. The molecule has 0 spiro atoms. The summed E-state index contributed by atoms with van der Waals surface area (Å²) in [5.41, 5.74) is 6.17. The van der Waals surface area contributed by atoms with Gasteiger partial charge in [0, 0.05) is 19.3 Å². The zero-order valence-corrected chi connectivity index (χ0v) is 16.3. The number of benzene rings is 1. The van der Waals surface area contributed by atoms with Crippen molar-refractivity contribution in [3.8, 4) is 0 Å². The van der Waals surface area contributed by atoms with E-state index in [1.807, 2.05) is 30.3 Å².